The van der Waals surface area contributed by atoms with Crippen molar-refractivity contribution in [2.75, 3.05) is 6.54 Å². The summed E-state index contributed by atoms with van der Waals surface area (Å²) in [6.45, 7) is 5.88. The molecule has 3 unspecified atom stereocenters. The fourth-order valence-electron chi connectivity index (χ4n) is 3.64. The van der Waals surface area contributed by atoms with Gasteiger partial charge in [-0.2, -0.15) is 0 Å². The summed E-state index contributed by atoms with van der Waals surface area (Å²) in [7, 11) is 0. The third-order valence-electron chi connectivity index (χ3n) is 4.95. The molecule has 2 aliphatic rings. The van der Waals surface area contributed by atoms with Crippen LogP contribution in [0.25, 0.3) is 0 Å². The quantitative estimate of drug-likeness (QED) is 0.718. The van der Waals surface area contributed by atoms with Gasteiger partial charge in [0.15, 0.2) is 0 Å². The first-order valence-corrected chi connectivity index (χ1v) is 7.58. The van der Waals surface area contributed by atoms with Crippen molar-refractivity contribution in [1.29, 1.82) is 0 Å². The predicted octanol–water partition coefficient (Wildman–Crippen LogP) is 3.98. The minimum atomic E-state index is 0.866. The van der Waals surface area contributed by atoms with Crippen molar-refractivity contribution < 1.29 is 0 Å². The number of hydrogen-bond acceptors (Lipinski definition) is 1. The normalized spacial score (nSPS) is 32.6. The van der Waals surface area contributed by atoms with Gasteiger partial charge in [-0.3, -0.25) is 0 Å². The van der Waals surface area contributed by atoms with Gasteiger partial charge in [0.2, 0.25) is 0 Å². The Hall–Kier alpha value is -0.0400. The van der Waals surface area contributed by atoms with Crippen molar-refractivity contribution in [2.24, 2.45) is 17.8 Å². The minimum Gasteiger partial charge on any atom is -0.313 e. The average molecular weight is 223 g/mol. The zero-order valence-electron chi connectivity index (χ0n) is 11.2. The van der Waals surface area contributed by atoms with E-state index in [-0.39, 0.29) is 0 Å². The number of rotatable bonds is 6. The number of hydrogen-bond donors (Lipinski definition) is 1. The van der Waals surface area contributed by atoms with Crippen LogP contribution in [-0.4, -0.2) is 12.6 Å². The molecule has 1 heteroatoms. The highest BCUT2D eigenvalue weighted by Crippen LogP contribution is 2.41. The first kappa shape index (κ1) is 12.4. The second-order valence-electron chi connectivity index (χ2n) is 6.02. The molecule has 3 atom stereocenters. The summed E-state index contributed by atoms with van der Waals surface area (Å²) in [5.41, 5.74) is 0. The van der Waals surface area contributed by atoms with Crippen LogP contribution in [0, 0.1) is 17.8 Å². The smallest absolute Gasteiger partial charge is 0.0124 e. The molecular weight excluding hydrogens is 194 g/mol. The predicted molar refractivity (Wildman–Crippen MR) is 70.5 cm³/mol. The fourth-order valence-corrected chi connectivity index (χ4v) is 3.64. The van der Waals surface area contributed by atoms with Gasteiger partial charge in [0, 0.05) is 6.04 Å². The van der Waals surface area contributed by atoms with Gasteiger partial charge in [-0.25, -0.2) is 0 Å². The molecule has 0 aromatic rings. The van der Waals surface area contributed by atoms with Crippen LogP contribution in [0.1, 0.15) is 65.2 Å². The second-order valence-corrected chi connectivity index (χ2v) is 6.02. The van der Waals surface area contributed by atoms with Crippen LogP contribution in [0.2, 0.25) is 0 Å². The third kappa shape index (κ3) is 2.80. The van der Waals surface area contributed by atoms with E-state index in [1.165, 1.54) is 57.9 Å². The second kappa shape index (κ2) is 6.05. The Balaban J connectivity index is 1.85. The molecule has 16 heavy (non-hydrogen) atoms. The lowest BCUT2D eigenvalue weighted by Gasteiger charge is -2.38. The molecular formula is C15H29N. The Kier molecular flexibility index (Phi) is 4.69. The maximum atomic E-state index is 3.86. The van der Waals surface area contributed by atoms with Crippen molar-refractivity contribution in [3.63, 3.8) is 0 Å². The molecule has 1 N–H and O–H groups in total. The summed E-state index contributed by atoms with van der Waals surface area (Å²) >= 11 is 0. The van der Waals surface area contributed by atoms with E-state index in [2.05, 4.69) is 19.2 Å². The third-order valence-corrected chi connectivity index (χ3v) is 4.95. The highest BCUT2D eigenvalue weighted by atomic mass is 14.9. The lowest BCUT2D eigenvalue weighted by Crippen LogP contribution is -2.44. The lowest BCUT2D eigenvalue weighted by atomic mass is 9.74. The molecule has 94 valence electrons. The van der Waals surface area contributed by atoms with Gasteiger partial charge >= 0.3 is 0 Å². The minimum absolute atomic E-state index is 0.866. The maximum absolute atomic E-state index is 3.86. The van der Waals surface area contributed by atoms with Crippen molar-refractivity contribution in [2.45, 2.75) is 71.3 Å². The van der Waals surface area contributed by atoms with Crippen LogP contribution in [-0.2, 0) is 0 Å². The summed E-state index contributed by atoms with van der Waals surface area (Å²) in [5.74, 6) is 3.06. The first-order chi connectivity index (χ1) is 7.85. The summed E-state index contributed by atoms with van der Waals surface area (Å²) in [5, 5.41) is 3.86. The highest BCUT2D eigenvalue weighted by Gasteiger charge is 2.36. The van der Waals surface area contributed by atoms with E-state index in [9.17, 15) is 0 Å². The molecule has 0 heterocycles. The van der Waals surface area contributed by atoms with Crippen molar-refractivity contribution in [1.82, 2.24) is 5.32 Å². The Morgan fingerprint density at radius 2 is 1.88 bits per heavy atom. The molecule has 2 rings (SSSR count). The standard InChI is InChI=1S/C15H29N/c1-3-10-16-15(13-6-5-7-13)14-9-8-12(4-2)11-14/h12-16H,3-11H2,1-2H3. The van der Waals surface area contributed by atoms with Crippen LogP contribution < -0.4 is 5.32 Å². The zero-order chi connectivity index (χ0) is 11.4. The Bertz CT molecular complexity index is 198. The molecule has 0 radical (unpaired) electrons. The summed E-state index contributed by atoms with van der Waals surface area (Å²) in [6, 6.07) is 0.866. The molecule has 1 nitrogen and oxygen atoms in total. The van der Waals surface area contributed by atoms with E-state index in [1.807, 2.05) is 0 Å². The largest absolute Gasteiger partial charge is 0.313 e. The Labute approximate surface area is 101 Å². The Morgan fingerprint density at radius 1 is 1.06 bits per heavy atom. The SMILES string of the molecule is CCCNC(C1CCC1)C1CCC(CC)C1. The topological polar surface area (TPSA) is 12.0 Å². The molecule has 2 fully saturated rings. The van der Waals surface area contributed by atoms with Gasteiger partial charge in [-0.1, -0.05) is 33.1 Å². The van der Waals surface area contributed by atoms with Crippen molar-refractivity contribution in [3.8, 4) is 0 Å². The molecule has 0 amide bonds. The van der Waals surface area contributed by atoms with Crippen molar-refractivity contribution >= 4 is 0 Å². The van der Waals surface area contributed by atoms with E-state index in [4.69, 9.17) is 0 Å². The van der Waals surface area contributed by atoms with Gasteiger partial charge in [-0.15, -0.1) is 0 Å². The van der Waals surface area contributed by atoms with Crippen LogP contribution in [0.3, 0.4) is 0 Å². The van der Waals surface area contributed by atoms with Crippen LogP contribution in [0.5, 0.6) is 0 Å². The zero-order valence-corrected chi connectivity index (χ0v) is 11.2. The molecule has 0 aromatic carbocycles. The van der Waals surface area contributed by atoms with E-state index in [0.29, 0.717) is 0 Å². The van der Waals surface area contributed by atoms with Crippen molar-refractivity contribution in [3.05, 3.63) is 0 Å². The van der Waals surface area contributed by atoms with Gasteiger partial charge in [0.1, 0.15) is 0 Å². The van der Waals surface area contributed by atoms with E-state index in [0.717, 1.165) is 23.8 Å². The molecule has 0 aliphatic heterocycles. The average Bonchev–Trinajstić information content (AvgIpc) is 2.69. The van der Waals surface area contributed by atoms with Gasteiger partial charge < -0.3 is 5.32 Å². The van der Waals surface area contributed by atoms with Gasteiger partial charge in [0.25, 0.3) is 0 Å². The van der Waals surface area contributed by atoms with E-state index in [1.54, 1.807) is 0 Å². The molecule has 2 aliphatic carbocycles. The summed E-state index contributed by atoms with van der Waals surface area (Å²) in [6.07, 6.45) is 11.7. The molecule has 0 saturated heterocycles. The summed E-state index contributed by atoms with van der Waals surface area (Å²) < 4.78 is 0. The van der Waals surface area contributed by atoms with Crippen LogP contribution in [0.15, 0.2) is 0 Å². The van der Waals surface area contributed by atoms with Crippen LogP contribution >= 0.6 is 0 Å². The summed E-state index contributed by atoms with van der Waals surface area (Å²) in [4.78, 5) is 0. The molecule has 2 saturated carbocycles. The maximum Gasteiger partial charge on any atom is 0.0124 e. The van der Waals surface area contributed by atoms with Gasteiger partial charge in [-0.05, 0) is 56.4 Å². The van der Waals surface area contributed by atoms with Gasteiger partial charge in [0.05, 0.1) is 0 Å². The van der Waals surface area contributed by atoms with E-state index >= 15 is 0 Å². The Morgan fingerprint density at radius 3 is 2.38 bits per heavy atom. The first-order valence-electron chi connectivity index (χ1n) is 7.58. The highest BCUT2D eigenvalue weighted by molar-refractivity contribution is 4.91. The molecule has 0 spiro atoms. The fraction of sp³-hybridized carbons (Fsp3) is 1.00. The number of nitrogens with one attached hydrogen (secondary N) is 1. The van der Waals surface area contributed by atoms with E-state index < -0.39 is 0 Å². The molecule has 0 bridgehead atoms. The van der Waals surface area contributed by atoms with Crippen LogP contribution in [0.4, 0.5) is 0 Å². The molecule has 0 aromatic heterocycles. The monoisotopic (exact) mass is 223 g/mol. The lowest BCUT2D eigenvalue weighted by molar-refractivity contribution is 0.172.